The van der Waals surface area contributed by atoms with Crippen LogP contribution in [0.2, 0.25) is 0 Å². The van der Waals surface area contributed by atoms with Gasteiger partial charge in [0.2, 0.25) is 0 Å². The Labute approximate surface area is 109 Å². The SMILES string of the molecule is O=S(O)O.O=[S](=O)([Zn][S](=O)(=O)C(F)(F)F)C(F)(F)F. The molecule has 0 radical (unpaired) electrons. The van der Waals surface area contributed by atoms with Gasteiger partial charge in [-0.2, -0.15) is 4.21 Å². The van der Waals surface area contributed by atoms with Crippen LogP contribution in [0.25, 0.3) is 0 Å². The van der Waals surface area contributed by atoms with Gasteiger partial charge >= 0.3 is 84.5 Å². The number of halogens is 6. The van der Waals surface area contributed by atoms with E-state index in [-0.39, 0.29) is 0 Å². The van der Waals surface area contributed by atoms with Crippen LogP contribution < -0.4 is 0 Å². The second kappa shape index (κ2) is 6.75. The first kappa shape index (κ1) is 21.5. The molecule has 0 saturated carbocycles. The van der Waals surface area contributed by atoms with Crippen molar-refractivity contribution in [2.45, 2.75) is 11.0 Å². The molecule has 0 aromatic heterocycles. The molecule has 0 fully saturated rings. The molecule has 0 aliphatic carbocycles. The van der Waals surface area contributed by atoms with Crippen LogP contribution >= 0.6 is 0 Å². The van der Waals surface area contributed by atoms with E-state index in [2.05, 4.69) is 0 Å². The van der Waals surface area contributed by atoms with Crippen LogP contribution in [0, 0.1) is 0 Å². The molecule has 0 aliphatic heterocycles. The van der Waals surface area contributed by atoms with Gasteiger partial charge in [-0.05, 0) is 0 Å². The van der Waals surface area contributed by atoms with E-state index in [9.17, 15) is 43.2 Å². The normalized spacial score (nSPS) is 13.5. The molecule has 2 N–H and O–H groups in total. The van der Waals surface area contributed by atoms with Gasteiger partial charge in [0.05, 0.1) is 0 Å². The molecule has 0 amide bonds. The van der Waals surface area contributed by atoms with Gasteiger partial charge in [0.15, 0.2) is 0 Å². The number of hydrogen-bond donors (Lipinski definition) is 2. The van der Waals surface area contributed by atoms with Crippen LogP contribution in [0.4, 0.5) is 26.3 Å². The fourth-order valence-corrected chi connectivity index (χ4v) is 15.8. The molecule has 7 nitrogen and oxygen atoms in total. The van der Waals surface area contributed by atoms with E-state index in [0.29, 0.717) is 0 Å². The maximum absolute atomic E-state index is 11.6. The van der Waals surface area contributed by atoms with Gasteiger partial charge in [0.25, 0.3) is 11.4 Å². The van der Waals surface area contributed by atoms with Crippen LogP contribution in [-0.2, 0) is 41.7 Å². The summed E-state index contributed by atoms with van der Waals surface area (Å²) in [6.07, 6.45) is 0. The summed E-state index contributed by atoms with van der Waals surface area (Å²) in [5.41, 5.74) is -11.9. The predicted octanol–water partition coefficient (Wildman–Crippen LogP) is 0.449. The third-order valence-electron chi connectivity index (χ3n) is 1.02. The summed E-state index contributed by atoms with van der Waals surface area (Å²) in [7, 11) is -12.3. The average molecular weight is 414 g/mol. The van der Waals surface area contributed by atoms with E-state index in [1.54, 1.807) is 0 Å². The Morgan fingerprint density at radius 2 is 0.947 bits per heavy atom. The molecule has 0 heterocycles. The van der Waals surface area contributed by atoms with Gasteiger partial charge < -0.3 is 0 Å². The molecule has 114 valence electrons. The van der Waals surface area contributed by atoms with Gasteiger partial charge in [-0.3, -0.25) is 9.11 Å². The van der Waals surface area contributed by atoms with Crippen molar-refractivity contribution >= 4 is 27.0 Å². The Kier molecular flexibility index (Phi) is 7.63. The van der Waals surface area contributed by atoms with Gasteiger partial charge in [-0.25, -0.2) is 0 Å². The van der Waals surface area contributed by atoms with Gasteiger partial charge in [-0.15, -0.1) is 0 Å². The predicted molar refractivity (Wildman–Crippen MR) is 43.3 cm³/mol. The second-order valence-electron chi connectivity index (χ2n) is 2.47. The van der Waals surface area contributed by atoms with Crippen LogP contribution in [0.15, 0.2) is 0 Å². The second-order valence-corrected chi connectivity index (χ2v) is 21.3. The number of alkyl halides is 6. The van der Waals surface area contributed by atoms with E-state index in [4.69, 9.17) is 13.3 Å². The van der Waals surface area contributed by atoms with Gasteiger partial charge in [0.1, 0.15) is 0 Å². The molecule has 17 heteroatoms. The molecule has 0 atom stereocenters. The van der Waals surface area contributed by atoms with Crippen molar-refractivity contribution in [2.24, 2.45) is 0 Å². The standard InChI is InChI=1S/2CF3O2S.H2O3S.Zn/c2*2-1(3,4)7(5)6;1-4(2)3;/h;;(H2,1,2,3);. The fourth-order valence-electron chi connectivity index (χ4n) is 0.338. The molecule has 0 saturated heterocycles. The number of hydrogen-bond acceptors (Lipinski definition) is 5. The molecule has 19 heavy (non-hydrogen) atoms. The Hall–Kier alpha value is 0.173. The molecule has 0 unspecified atom stereocenters. The van der Waals surface area contributed by atoms with Crippen molar-refractivity contribution in [3.8, 4) is 0 Å². The zero-order chi connectivity index (χ0) is 16.3. The molecule has 0 aromatic rings. The zero-order valence-corrected chi connectivity index (χ0v) is 13.6. The van der Waals surface area contributed by atoms with Crippen LogP contribution in [0.5, 0.6) is 0 Å². The minimum absolute atomic E-state index is 2.61. The van der Waals surface area contributed by atoms with Crippen molar-refractivity contribution in [3.05, 3.63) is 0 Å². The molecule has 0 aliphatic rings. The fraction of sp³-hybridized carbons (Fsp3) is 1.00. The Balaban J connectivity index is 0. The molecule has 0 aromatic carbocycles. The van der Waals surface area contributed by atoms with Crippen LogP contribution in [0.3, 0.4) is 0 Å². The van der Waals surface area contributed by atoms with Crippen LogP contribution in [-0.4, -0.2) is 41.2 Å². The topological polar surface area (TPSA) is 126 Å². The van der Waals surface area contributed by atoms with E-state index in [0.717, 1.165) is 0 Å². The summed E-state index contributed by atoms with van der Waals surface area (Å²) in [5, 5.41) is 0. The molecule has 0 spiro atoms. The zero-order valence-electron chi connectivity index (χ0n) is 8.14. The third-order valence-corrected chi connectivity index (χ3v) is 20.7. The maximum atomic E-state index is 11.6. The van der Waals surface area contributed by atoms with E-state index in [1.165, 1.54) is 0 Å². The third kappa shape index (κ3) is 8.14. The van der Waals surface area contributed by atoms with Crippen molar-refractivity contribution < 1.29 is 71.2 Å². The average Bonchev–Trinajstić information content (AvgIpc) is 1.94. The first-order valence-corrected chi connectivity index (χ1v) is 15.0. The Morgan fingerprint density at radius 1 is 0.789 bits per heavy atom. The van der Waals surface area contributed by atoms with Crippen molar-refractivity contribution in [1.29, 1.82) is 0 Å². The Bertz CT molecular complexity index is 468. The number of rotatable bonds is 2. The molecular formula is C2H2F6O7S3Zn. The first-order valence-electron chi connectivity index (χ1n) is 3.32. The van der Waals surface area contributed by atoms with Crippen molar-refractivity contribution in [2.75, 3.05) is 0 Å². The molecule has 0 bridgehead atoms. The minimum atomic E-state index is -6.16. The summed E-state index contributed by atoms with van der Waals surface area (Å²) in [6, 6.07) is 0. The van der Waals surface area contributed by atoms with E-state index in [1.807, 2.05) is 0 Å². The monoisotopic (exact) mass is 412 g/mol. The summed E-state index contributed by atoms with van der Waals surface area (Å²) in [4.78, 5) is 0. The molecular weight excluding hydrogens is 412 g/mol. The first-order chi connectivity index (χ1) is 7.94. The summed E-state index contributed by atoms with van der Waals surface area (Å²) < 4.78 is 133. The van der Waals surface area contributed by atoms with Crippen molar-refractivity contribution in [3.63, 3.8) is 0 Å². The summed E-state index contributed by atoms with van der Waals surface area (Å²) in [5.74, 6) is 0. The van der Waals surface area contributed by atoms with Crippen LogP contribution in [0.1, 0.15) is 0 Å². The van der Waals surface area contributed by atoms with Gasteiger partial charge in [-0.1, -0.05) is 0 Å². The quantitative estimate of drug-likeness (QED) is 0.382. The summed E-state index contributed by atoms with van der Waals surface area (Å²) >= 11 is -7.55. The molecule has 0 rings (SSSR count). The van der Waals surface area contributed by atoms with E-state index >= 15 is 0 Å². The summed E-state index contributed by atoms with van der Waals surface area (Å²) in [6.45, 7) is 0. The van der Waals surface area contributed by atoms with Crippen molar-refractivity contribution in [1.82, 2.24) is 0 Å². The van der Waals surface area contributed by atoms with E-state index < -0.39 is 52.7 Å². The van der Waals surface area contributed by atoms with Gasteiger partial charge in [0, 0.05) is 0 Å². The Morgan fingerprint density at radius 3 is 1.05 bits per heavy atom.